The van der Waals surface area contributed by atoms with E-state index < -0.39 is 6.10 Å². The Labute approximate surface area is 101 Å². The number of anilines is 1. The van der Waals surface area contributed by atoms with Crippen molar-refractivity contribution in [3.8, 4) is 12.1 Å². The predicted octanol–water partition coefficient (Wildman–Crippen LogP) is 1.98. The second kappa shape index (κ2) is 6.52. The molecule has 0 bridgehead atoms. The third-order valence-electron chi connectivity index (χ3n) is 2.55. The van der Waals surface area contributed by atoms with E-state index in [4.69, 9.17) is 10.5 Å². The average Bonchev–Trinajstić information content (AvgIpc) is 2.37. The zero-order valence-electron chi connectivity index (χ0n) is 9.80. The molecule has 0 aliphatic rings. The van der Waals surface area contributed by atoms with Gasteiger partial charge in [0, 0.05) is 11.3 Å². The summed E-state index contributed by atoms with van der Waals surface area (Å²) >= 11 is 0. The zero-order valence-corrected chi connectivity index (χ0v) is 9.80. The summed E-state index contributed by atoms with van der Waals surface area (Å²) in [4.78, 5) is 1.66. The highest BCUT2D eigenvalue weighted by molar-refractivity contribution is 5.55. The number of aliphatic hydroxyl groups is 1. The lowest BCUT2D eigenvalue weighted by Crippen LogP contribution is -2.25. The lowest BCUT2D eigenvalue weighted by molar-refractivity contribution is 0.174. The van der Waals surface area contributed by atoms with Crippen molar-refractivity contribution < 1.29 is 5.11 Å². The normalized spacial score (nSPS) is 11.3. The van der Waals surface area contributed by atoms with Crippen molar-refractivity contribution in [2.75, 3.05) is 18.0 Å². The lowest BCUT2D eigenvalue weighted by atomic mass is 10.0. The van der Waals surface area contributed by atoms with E-state index in [9.17, 15) is 5.11 Å². The summed E-state index contributed by atoms with van der Waals surface area (Å²) in [5.74, 6) is 0. The van der Waals surface area contributed by atoms with Gasteiger partial charge in [-0.05, 0) is 12.5 Å². The fraction of sp³-hybridized carbons (Fsp3) is 0.385. The van der Waals surface area contributed by atoms with E-state index in [1.165, 1.54) is 0 Å². The fourth-order valence-electron chi connectivity index (χ4n) is 1.67. The molecule has 0 saturated heterocycles. The lowest BCUT2D eigenvalue weighted by Gasteiger charge is -2.23. The molecule has 88 valence electrons. The quantitative estimate of drug-likeness (QED) is 0.784. The number of hydrogen-bond acceptors (Lipinski definition) is 4. The van der Waals surface area contributed by atoms with Gasteiger partial charge in [-0.25, -0.2) is 0 Å². The molecule has 0 heterocycles. The molecule has 1 atom stereocenters. The van der Waals surface area contributed by atoms with Gasteiger partial charge in [0.15, 0.2) is 0 Å². The molecule has 0 fully saturated rings. The van der Waals surface area contributed by atoms with E-state index in [2.05, 4.69) is 0 Å². The Hall–Kier alpha value is -2.04. The number of rotatable bonds is 5. The van der Waals surface area contributed by atoms with Crippen LogP contribution < -0.4 is 4.90 Å². The molecule has 1 unspecified atom stereocenters. The Morgan fingerprint density at radius 2 is 1.82 bits per heavy atom. The summed E-state index contributed by atoms with van der Waals surface area (Å²) in [6.07, 6.45) is 0.0373. The number of benzene rings is 1. The van der Waals surface area contributed by atoms with E-state index in [0.717, 1.165) is 11.3 Å². The van der Waals surface area contributed by atoms with Crippen molar-refractivity contribution in [3.63, 3.8) is 0 Å². The van der Waals surface area contributed by atoms with Crippen LogP contribution in [0.1, 0.15) is 25.0 Å². The van der Waals surface area contributed by atoms with Crippen molar-refractivity contribution in [1.29, 1.82) is 10.5 Å². The van der Waals surface area contributed by atoms with Gasteiger partial charge < -0.3 is 10.0 Å². The summed E-state index contributed by atoms with van der Waals surface area (Å²) in [5, 5.41) is 27.4. The average molecular weight is 229 g/mol. The van der Waals surface area contributed by atoms with Crippen LogP contribution in [0, 0.1) is 22.7 Å². The Morgan fingerprint density at radius 3 is 2.35 bits per heavy atom. The SMILES string of the molecule is CCC(O)c1ccccc1N(CC#N)CC#N. The molecule has 1 N–H and O–H groups in total. The molecule has 1 rings (SSSR count). The topological polar surface area (TPSA) is 71.0 Å². The van der Waals surface area contributed by atoms with Crippen LogP contribution in [0.25, 0.3) is 0 Å². The van der Waals surface area contributed by atoms with Crippen molar-refractivity contribution in [2.45, 2.75) is 19.4 Å². The minimum Gasteiger partial charge on any atom is -0.388 e. The molecule has 0 amide bonds. The van der Waals surface area contributed by atoms with E-state index in [1.807, 2.05) is 43.3 Å². The van der Waals surface area contributed by atoms with Crippen molar-refractivity contribution in [1.82, 2.24) is 0 Å². The first-order chi connectivity index (χ1) is 8.24. The molecule has 1 aromatic carbocycles. The monoisotopic (exact) mass is 229 g/mol. The van der Waals surface area contributed by atoms with Gasteiger partial charge in [-0.1, -0.05) is 25.1 Å². The van der Waals surface area contributed by atoms with Crippen LogP contribution in [-0.4, -0.2) is 18.2 Å². The zero-order chi connectivity index (χ0) is 12.7. The molecule has 1 aromatic rings. The molecule has 0 aliphatic carbocycles. The van der Waals surface area contributed by atoms with Gasteiger partial charge in [0.2, 0.25) is 0 Å². The Kier molecular flexibility index (Phi) is 5.00. The fourth-order valence-corrected chi connectivity index (χ4v) is 1.67. The Morgan fingerprint density at radius 1 is 1.24 bits per heavy atom. The molecule has 17 heavy (non-hydrogen) atoms. The van der Waals surface area contributed by atoms with Crippen LogP contribution in [0.2, 0.25) is 0 Å². The molecule has 4 nitrogen and oxygen atoms in total. The van der Waals surface area contributed by atoms with E-state index in [0.29, 0.717) is 6.42 Å². The number of aliphatic hydroxyl groups excluding tert-OH is 1. The second-order valence-corrected chi connectivity index (χ2v) is 3.66. The van der Waals surface area contributed by atoms with E-state index in [-0.39, 0.29) is 13.1 Å². The largest absolute Gasteiger partial charge is 0.388 e. The minimum absolute atomic E-state index is 0.140. The van der Waals surface area contributed by atoms with Crippen molar-refractivity contribution >= 4 is 5.69 Å². The van der Waals surface area contributed by atoms with Crippen LogP contribution in [-0.2, 0) is 0 Å². The smallest absolute Gasteiger partial charge is 0.106 e. The van der Waals surface area contributed by atoms with Crippen molar-refractivity contribution in [3.05, 3.63) is 29.8 Å². The summed E-state index contributed by atoms with van der Waals surface area (Å²) < 4.78 is 0. The van der Waals surface area contributed by atoms with Crippen LogP contribution >= 0.6 is 0 Å². The van der Waals surface area contributed by atoms with Gasteiger partial charge in [0.05, 0.1) is 18.2 Å². The minimum atomic E-state index is -0.564. The Bertz CT molecular complexity index is 429. The van der Waals surface area contributed by atoms with Gasteiger partial charge >= 0.3 is 0 Å². The maximum atomic E-state index is 9.90. The molecule has 4 heteroatoms. The summed E-state index contributed by atoms with van der Waals surface area (Å²) in [6.45, 7) is 2.17. The van der Waals surface area contributed by atoms with Crippen LogP contribution in [0.15, 0.2) is 24.3 Å². The van der Waals surface area contributed by atoms with Gasteiger partial charge in [-0.15, -0.1) is 0 Å². The summed E-state index contributed by atoms with van der Waals surface area (Å²) in [7, 11) is 0. The Balaban J connectivity index is 3.10. The third-order valence-corrected chi connectivity index (χ3v) is 2.55. The first-order valence-electron chi connectivity index (χ1n) is 5.50. The summed E-state index contributed by atoms with van der Waals surface area (Å²) in [6, 6.07) is 11.4. The summed E-state index contributed by atoms with van der Waals surface area (Å²) in [5.41, 5.74) is 1.52. The first-order valence-corrected chi connectivity index (χ1v) is 5.50. The maximum absolute atomic E-state index is 9.90. The van der Waals surface area contributed by atoms with E-state index in [1.54, 1.807) is 4.90 Å². The van der Waals surface area contributed by atoms with Crippen molar-refractivity contribution in [2.24, 2.45) is 0 Å². The van der Waals surface area contributed by atoms with E-state index >= 15 is 0 Å². The molecule has 0 saturated carbocycles. The molecule has 0 radical (unpaired) electrons. The number of para-hydroxylation sites is 1. The second-order valence-electron chi connectivity index (χ2n) is 3.66. The maximum Gasteiger partial charge on any atom is 0.106 e. The number of hydrogen-bond donors (Lipinski definition) is 1. The molecular weight excluding hydrogens is 214 g/mol. The third kappa shape index (κ3) is 3.21. The number of nitrogens with zero attached hydrogens (tertiary/aromatic N) is 3. The molecular formula is C13H15N3O. The van der Waals surface area contributed by atoms with Gasteiger partial charge in [-0.2, -0.15) is 10.5 Å². The van der Waals surface area contributed by atoms with Gasteiger partial charge in [0.1, 0.15) is 13.1 Å². The van der Waals surface area contributed by atoms with Gasteiger partial charge in [0.25, 0.3) is 0 Å². The standard InChI is InChI=1S/C13H15N3O/c1-2-13(17)11-5-3-4-6-12(11)16(9-7-14)10-8-15/h3-6,13,17H,2,9-10H2,1H3. The van der Waals surface area contributed by atoms with Crippen LogP contribution in [0.4, 0.5) is 5.69 Å². The highest BCUT2D eigenvalue weighted by Gasteiger charge is 2.14. The number of nitriles is 2. The molecule has 0 aliphatic heterocycles. The molecule has 0 aromatic heterocycles. The predicted molar refractivity (Wildman–Crippen MR) is 65.1 cm³/mol. The van der Waals surface area contributed by atoms with Crippen LogP contribution in [0.3, 0.4) is 0 Å². The van der Waals surface area contributed by atoms with Gasteiger partial charge in [-0.3, -0.25) is 0 Å². The van der Waals surface area contributed by atoms with Crippen LogP contribution in [0.5, 0.6) is 0 Å². The first kappa shape index (κ1) is 13.0. The highest BCUT2D eigenvalue weighted by Crippen LogP contribution is 2.27. The highest BCUT2D eigenvalue weighted by atomic mass is 16.3. The molecule has 0 spiro atoms.